The van der Waals surface area contributed by atoms with Crippen LogP contribution in [0, 0.1) is 41.5 Å². The van der Waals surface area contributed by atoms with Crippen molar-refractivity contribution in [1.29, 1.82) is 0 Å². The molecule has 0 bridgehead atoms. The number of carboxylic acid groups (broad SMARTS) is 1. The number of aromatic carboxylic acids is 1. The molecule has 4 aromatic carbocycles. The van der Waals surface area contributed by atoms with Crippen molar-refractivity contribution in [2.45, 2.75) is 98.9 Å². The standard InChI is InChI=1S/C24H31BrN4O4.C17H23BrN2O4.C16H21BrN2O4.C12H13ClO5/c1-14-10-15(2)27-23(31)18(14)12-26-22(30)17-11-19(25)21-20(16(17)3)32-24(4,33-21)13-29-8-6-28(5)7-9-29;1-11-12(16(21)22-4)9-13(18)15-14(11)23-17(2,24-15)10-20-7-5-19(3)6-8-20;1-10-11(15(20)21)8-12(17)14-13(10)22-16(2,23-14)9-19-6-4-18(3)5-7-19;1-6-7(11(15)16-3)4-8(13)10-9(6)17-12(2,5-14)18-10/h10-11H,6-9,12-13H2,1-5H3,(H,26,30)(H,27,31);9H,5-8,10H2,1-4H3;8H,4-7,9H2,1-3H3,(H,20,21);4,14H,5H2,1-3H3. The Morgan fingerprint density at radius 2 is 0.837 bits per heavy atom. The average molecular weight is 1580 g/mol. The number of aliphatic hydroxyl groups excluding tert-OH is 1. The number of H-pyrrole nitrogens is 1. The molecule has 0 radical (unpaired) electrons. The summed E-state index contributed by atoms with van der Waals surface area (Å²) in [5.41, 5.74) is 6.12. The average Bonchev–Trinajstić information content (AvgIpc) is 1.63. The number of piperazine rings is 3. The molecule has 0 spiro atoms. The van der Waals surface area contributed by atoms with Gasteiger partial charge < -0.3 is 82.6 Å². The minimum Gasteiger partial charge on any atom is -0.478 e. The highest BCUT2D eigenvalue weighted by molar-refractivity contribution is 9.11. The zero-order valence-corrected chi connectivity index (χ0v) is 63.6. The summed E-state index contributed by atoms with van der Waals surface area (Å²) in [4.78, 5) is 76.9. The van der Waals surface area contributed by atoms with Crippen LogP contribution in [0.15, 0.2) is 48.5 Å². The van der Waals surface area contributed by atoms with Crippen LogP contribution in [0.5, 0.6) is 46.0 Å². The number of nitrogens with one attached hydrogen (secondary N) is 2. The van der Waals surface area contributed by atoms with E-state index in [0.29, 0.717) is 118 Å². The maximum absolute atomic E-state index is 13.0. The van der Waals surface area contributed by atoms with Gasteiger partial charge in [0.15, 0.2) is 46.0 Å². The first-order chi connectivity index (χ1) is 46.1. The molecule has 3 fully saturated rings. The van der Waals surface area contributed by atoms with Crippen molar-refractivity contribution in [3.05, 3.63) is 120 Å². The molecule has 1 amide bonds. The molecule has 0 aliphatic carbocycles. The number of pyridine rings is 1. The number of hydrogen-bond donors (Lipinski definition) is 4. The van der Waals surface area contributed by atoms with E-state index in [1.807, 2.05) is 54.5 Å². The van der Waals surface area contributed by atoms with E-state index in [1.54, 1.807) is 39.0 Å². The quantitative estimate of drug-likeness (QED) is 0.0800. The second-order valence-corrected chi connectivity index (χ2v) is 29.4. The van der Waals surface area contributed by atoms with Crippen LogP contribution < -0.4 is 48.8 Å². The van der Waals surface area contributed by atoms with Crippen molar-refractivity contribution in [2.75, 3.05) is 140 Å². The number of aliphatic hydroxyl groups is 1. The Labute approximate surface area is 601 Å². The van der Waals surface area contributed by atoms with E-state index in [-0.39, 0.29) is 41.2 Å². The lowest BCUT2D eigenvalue weighted by Crippen LogP contribution is -2.53. The molecule has 29 heteroatoms. The lowest BCUT2D eigenvalue weighted by Gasteiger charge is -2.36. The molecule has 534 valence electrons. The van der Waals surface area contributed by atoms with Gasteiger partial charge in [0.25, 0.3) is 34.6 Å². The number of methoxy groups -OCH3 is 2. The number of benzene rings is 4. The number of carbonyl (C=O) groups is 4. The summed E-state index contributed by atoms with van der Waals surface area (Å²) in [5, 5.41) is 21.6. The fourth-order valence-corrected chi connectivity index (χ4v) is 14.2. The van der Waals surface area contributed by atoms with E-state index in [4.69, 9.17) is 54.2 Å². The summed E-state index contributed by atoms with van der Waals surface area (Å²) in [6, 6.07) is 8.41. The maximum Gasteiger partial charge on any atom is 0.338 e. The molecule has 12 rings (SSSR count). The number of aromatic nitrogens is 1. The molecule has 5 aromatic rings. The number of rotatable bonds is 13. The van der Waals surface area contributed by atoms with E-state index in [0.717, 1.165) is 95.4 Å². The maximum atomic E-state index is 13.0. The highest BCUT2D eigenvalue weighted by Gasteiger charge is 2.46. The molecule has 8 heterocycles. The zero-order valence-electron chi connectivity index (χ0n) is 58.1. The number of aromatic amines is 1. The summed E-state index contributed by atoms with van der Waals surface area (Å²) in [7, 11) is 9.04. The van der Waals surface area contributed by atoms with Gasteiger partial charge in [0.05, 0.1) is 69.0 Å². The lowest BCUT2D eigenvalue weighted by molar-refractivity contribution is -0.0989. The second kappa shape index (κ2) is 30.8. The number of fused-ring (bicyclic) bond motifs is 4. The Bertz CT molecular complexity index is 3930. The van der Waals surface area contributed by atoms with Gasteiger partial charge in [-0.2, -0.15) is 0 Å². The highest BCUT2D eigenvalue weighted by atomic mass is 79.9. The van der Waals surface area contributed by atoms with E-state index in [9.17, 15) is 34.2 Å². The molecule has 25 nitrogen and oxygen atoms in total. The van der Waals surface area contributed by atoms with Crippen LogP contribution in [0.25, 0.3) is 0 Å². The van der Waals surface area contributed by atoms with Gasteiger partial charge in [0.1, 0.15) is 6.61 Å². The number of hydrogen-bond acceptors (Lipinski definition) is 22. The minimum atomic E-state index is -1.18. The van der Waals surface area contributed by atoms with Gasteiger partial charge in [-0.05, 0) is 146 Å². The molecule has 0 saturated carbocycles. The van der Waals surface area contributed by atoms with Gasteiger partial charge in [-0.25, -0.2) is 14.4 Å². The highest BCUT2D eigenvalue weighted by Crippen LogP contribution is 2.52. The van der Waals surface area contributed by atoms with Crippen LogP contribution in [0.4, 0.5) is 0 Å². The number of carbonyl (C=O) groups excluding carboxylic acids is 3. The van der Waals surface area contributed by atoms with Gasteiger partial charge in [-0.3, -0.25) is 24.3 Å². The van der Waals surface area contributed by atoms with Crippen molar-refractivity contribution >= 4 is 83.2 Å². The number of amides is 1. The second-order valence-electron chi connectivity index (χ2n) is 26.4. The van der Waals surface area contributed by atoms with Crippen molar-refractivity contribution in [2.24, 2.45) is 0 Å². The smallest absolute Gasteiger partial charge is 0.338 e. The molecule has 98 heavy (non-hydrogen) atoms. The third-order valence-electron chi connectivity index (χ3n) is 18.1. The fraction of sp³-hybridized carbons (Fsp3) is 0.522. The van der Waals surface area contributed by atoms with Gasteiger partial charge in [0.2, 0.25) is 0 Å². The predicted octanol–water partition coefficient (Wildman–Crippen LogP) is 9.11. The Morgan fingerprint density at radius 1 is 0.510 bits per heavy atom. The Kier molecular flexibility index (Phi) is 23.8. The topological polar surface area (TPSA) is 265 Å². The van der Waals surface area contributed by atoms with E-state index >= 15 is 0 Å². The van der Waals surface area contributed by atoms with E-state index < -0.39 is 35.1 Å². The predicted molar refractivity (Wildman–Crippen MR) is 378 cm³/mol. The number of aryl methyl sites for hydroxylation is 2. The number of nitrogens with zero attached hydrogens (tertiary/aromatic N) is 6. The first-order valence-corrected chi connectivity index (χ1v) is 34.9. The summed E-state index contributed by atoms with van der Waals surface area (Å²) >= 11 is 16.5. The number of ether oxygens (including phenoxy) is 10. The van der Waals surface area contributed by atoms with E-state index in [2.05, 4.69) is 113 Å². The minimum absolute atomic E-state index is 0.146. The SMILES string of the molecule is COC(=O)c1cc(Br)c2c(c1C)OC(C)(CN1CCN(C)CC1)O2.COC(=O)c1cc(Cl)c2c(c1C)OC(C)(CO)O2.Cc1c(C(=O)O)cc(Br)c2c1OC(C)(CN1CCN(C)CC1)O2.Cc1cc(C)c(CNC(=O)c2cc(Br)c3c(c2C)OC(C)(CN2CCN(C)CC2)O3)c(=O)[nH]1. The van der Waals surface area contributed by atoms with Gasteiger partial charge in [-0.1, -0.05) is 11.6 Å². The van der Waals surface area contributed by atoms with Crippen molar-refractivity contribution in [1.82, 2.24) is 39.7 Å². The van der Waals surface area contributed by atoms with Gasteiger partial charge in [-0.15, -0.1) is 0 Å². The first kappa shape index (κ1) is 75.8. The van der Waals surface area contributed by atoms with Crippen molar-refractivity contribution in [3.63, 3.8) is 0 Å². The van der Waals surface area contributed by atoms with Crippen LogP contribution in [-0.2, 0) is 16.0 Å². The fourth-order valence-electron chi connectivity index (χ4n) is 12.5. The normalized spacial score (nSPS) is 22.6. The Hall–Kier alpha value is -6.44. The van der Waals surface area contributed by atoms with E-state index in [1.165, 1.54) is 20.3 Å². The summed E-state index contributed by atoms with van der Waals surface area (Å²) in [6.45, 7) is 32.0. The van der Waals surface area contributed by atoms with Crippen molar-refractivity contribution < 1.29 is 76.8 Å². The molecule has 4 unspecified atom stereocenters. The number of halogens is 4. The van der Waals surface area contributed by atoms with Crippen molar-refractivity contribution in [3.8, 4) is 46.0 Å². The van der Waals surface area contributed by atoms with Crippen LogP contribution in [0.2, 0.25) is 5.02 Å². The molecule has 3 saturated heterocycles. The third-order valence-corrected chi connectivity index (χ3v) is 20.2. The molecule has 1 aromatic heterocycles. The molecule has 4 atom stereocenters. The summed E-state index contributed by atoms with van der Waals surface area (Å²) in [5.74, 6) is -1.43. The molecular formula is C69H88Br3ClN8O17. The van der Waals surface area contributed by atoms with Crippen LogP contribution >= 0.6 is 59.4 Å². The molecular weight excluding hydrogens is 1490 g/mol. The third kappa shape index (κ3) is 17.1. The van der Waals surface area contributed by atoms with Crippen LogP contribution in [0.3, 0.4) is 0 Å². The Balaban J connectivity index is 0.000000156. The number of likely N-dealkylation sites (N-methyl/N-ethyl adjacent to an activating group) is 3. The van der Waals surface area contributed by atoms with Crippen LogP contribution in [-0.4, -0.2) is 232 Å². The largest absolute Gasteiger partial charge is 0.478 e. The van der Waals surface area contributed by atoms with Crippen LogP contribution in [0.1, 0.15) is 108 Å². The molecule has 4 N–H and O–H groups in total. The first-order valence-electron chi connectivity index (χ1n) is 32.2. The summed E-state index contributed by atoms with van der Waals surface area (Å²) < 4.78 is 59.4. The molecule has 7 aliphatic heterocycles. The Morgan fingerprint density at radius 3 is 1.21 bits per heavy atom. The summed E-state index contributed by atoms with van der Waals surface area (Å²) in [6.07, 6.45) is 0. The monoisotopic (exact) mass is 1570 g/mol. The van der Waals surface area contributed by atoms with Gasteiger partial charge >= 0.3 is 17.9 Å². The zero-order chi connectivity index (χ0) is 71.7. The molecule has 7 aliphatic rings. The van der Waals surface area contributed by atoms with Gasteiger partial charge in [0, 0.05) is 152 Å². The number of esters is 2. The lowest BCUT2D eigenvalue weighted by atomic mass is 10.1. The number of carboxylic acids is 1.